The van der Waals surface area contributed by atoms with Crippen LogP contribution in [0, 0.1) is 6.92 Å². The lowest BCUT2D eigenvalue weighted by atomic mass is 9.89. The van der Waals surface area contributed by atoms with Crippen LogP contribution < -0.4 is 5.73 Å². The average molecular weight is 259 g/mol. The van der Waals surface area contributed by atoms with Crippen molar-refractivity contribution in [3.8, 4) is 0 Å². The van der Waals surface area contributed by atoms with Gasteiger partial charge in [0, 0.05) is 21.7 Å². The number of thiophene rings is 1. The number of hydrogen-bond donors (Lipinski definition) is 1. The highest BCUT2D eigenvalue weighted by Gasteiger charge is 2.22. The summed E-state index contributed by atoms with van der Waals surface area (Å²) in [7, 11) is 0. The van der Waals surface area contributed by atoms with Crippen LogP contribution in [0.3, 0.4) is 0 Å². The molecule has 2 aromatic rings. The van der Waals surface area contributed by atoms with Crippen LogP contribution in [0.15, 0.2) is 36.4 Å². The molecule has 1 heterocycles. The van der Waals surface area contributed by atoms with Crippen molar-refractivity contribution in [2.75, 3.05) is 0 Å². The van der Waals surface area contributed by atoms with Crippen LogP contribution in [0.1, 0.15) is 34.7 Å². The van der Waals surface area contributed by atoms with Gasteiger partial charge < -0.3 is 5.73 Å². The van der Waals surface area contributed by atoms with Gasteiger partial charge in [-0.15, -0.1) is 11.3 Å². The molecule has 0 fully saturated rings. The van der Waals surface area contributed by atoms with Crippen molar-refractivity contribution < 1.29 is 0 Å². The molecule has 2 heteroatoms. The van der Waals surface area contributed by atoms with Crippen molar-refractivity contribution >= 4 is 11.3 Å². The van der Waals surface area contributed by atoms with Crippen molar-refractivity contribution in [3.05, 3.63) is 57.3 Å². The third kappa shape index (κ3) is 3.01. The molecule has 0 spiro atoms. The van der Waals surface area contributed by atoms with Gasteiger partial charge in [-0.1, -0.05) is 36.8 Å². The van der Waals surface area contributed by atoms with Gasteiger partial charge in [-0.25, -0.2) is 0 Å². The molecule has 1 aromatic carbocycles. The lowest BCUT2D eigenvalue weighted by Crippen LogP contribution is -2.35. The summed E-state index contributed by atoms with van der Waals surface area (Å²) in [6.07, 6.45) is 2.01. The van der Waals surface area contributed by atoms with E-state index in [9.17, 15) is 0 Å². The molecule has 0 saturated heterocycles. The molecular formula is C16H21NS. The van der Waals surface area contributed by atoms with Gasteiger partial charge in [0.1, 0.15) is 0 Å². The minimum Gasteiger partial charge on any atom is -0.321 e. The van der Waals surface area contributed by atoms with Crippen LogP contribution in [0.5, 0.6) is 0 Å². The van der Waals surface area contributed by atoms with Gasteiger partial charge >= 0.3 is 0 Å². The van der Waals surface area contributed by atoms with Gasteiger partial charge in [-0.3, -0.25) is 0 Å². The molecule has 0 aliphatic heterocycles. The maximum atomic E-state index is 6.48. The molecular weight excluding hydrogens is 238 g/mol. The van der Waals surface area contributed by atoms with Gasteiger partial charge in [0.2, 0.25) is 0 Å². The molecule has 18 heavy (non-hydrogen) atoms. The molecule has 0 aliphatic rings. The second-order valence-corrected chi connectivity index (χ2v) is 6.43. The smallest absolute Gasteiger partial charge is 0.0429 e. The van der Waals surface area contributed by atoms with Crippen LogP contribution in [0.4, 0.5) is 0 Å². The lowest BCUT2D eigenvalue weighted by molar-refractivity contribution is 0.495. The number of rotatable bonds is 4. The third-order valence-corrected chi connectivity index (χ3v) is 4.55. The van der Waals surface area contributed by atoms with E-state index < -0.39 is 0 Å². The van der Waals surface area contributed by atoms with E-state index in [0.717, 1.165) is 12.8 Å². The molecule has 1 aromatic heterocycles. The normalized spacial score (nSPS) is 14.4. The van der Waals surface area contributed by atoms with Crippen molar-refractivity contribution in [2.45, 2.75) is 39.2 Å². The SMILES string of the molecule is CCc1ccc(CC(C)(N)c2ccc(C)cc2)s1. The Kier molecular flexibility index (Phi) is 3.88. The molecule has 1 atom stereocenters. The predicted molar refractivity (Wildman–Crippen MR) is 80.1 cm³/mol. The monoisotopic (exact) mass is 259 g/mol. The van der Waals surface area contributed by atoms with Gasteiger partial charge in [-0.05, 0) is 38.0 Å². The number of aryl methyl sites for hydroxylation is 2. The fraction of sp³-hybridized carbons (Fsp3) is 0.375. The zero-order chi connectivity index (χ0) is 13.2. The predicted octanol–water partition coefficient (Wildman–Crippen LogP) is 4.04. The molecule has 0 bridgehead atoms. The number of benzene rings is 1. The Balaban J connectivity index is 2.18. The Morgan fingerprint density at radius 1 is 1.06 bits per heavy atom. The average Bonchev–Trinajstić information content (AvgIpc) is 2.76. The van der Waals surface area contributed by atoms with Crippen LogP contribution in [0.2, 0.25) is 0 Å². The fourth-order valence-corrected chi connectivity index (χ4v) is 3.23. The fourth-order valence-electron chi connectivity index (χ4n) is 2.11. The highest BCUT2D eigenvalue weighted by atomic mass is 32.1. The maximum absolute atomic E-state index is 6.48. The van der Waals surface area contributed by atoms with Crippen LogP contribution in [-0.4, -0.2) is 0 Å². The minimum absolute atomic E-state index is 0.288. The summed E-state index contributed by atoms with van der Waals surface area (Å²) in [6.45, 7) is 6.41. The first-order valence-electron chi connectivity index (χ1n) is 6.45. The Morgan fingerprint density at radius 2 is 1.67 bits per heavy atom. The quantitative estimate of drug-likeness (QED) is 0.881. The van der Waals surface area contributed by atoms with E-state index in [1.54, 1.807) is 0 Å². The Hall–Kier alpha value is -1.12. The first kappa shape index (κ1) is 13.3. The van der Waals surface area contributed by atoms with Gasteiger partial charge in [0.25, 0.3) is 0 Å². The zero-order valence-corrected chi connectivity index (χ0v) is 12.2. The number of hydrogen-bond acceptors (Lipinski definition) is 2. The second-order valence-electron chi connectivity index (χ2n) is 5.18. The van der Waals surface area contributed by atoms with E-state index in [4.69, 9.17) is 5.73 Å². The highest BCUT2D eigenvalue weighted by Crippen LogP contribution is 2.27. The van der Waals surface area contributed by atoms with E-state index in [-0.39, 0.29) is 5.54 Å². The number of nitrogens with two attached hydrogens (primary N) is 1. The minimum atomic E-state index is -0.288. The third-order valence-electron chi connectivity index (χ3n) is 3.32. The van der Waals surface area contributed by atoms with Crippen molar-refractivity contribution in [3.63, 3.8) is 0 Å². The Morgan fingerprint density at radius 3 is 2.22 bits per heavy atom. The lowest BCUT2D eigenvalue weighted by Gasteiger charge is -2.24. The molecule has 96 valence electrons. The summed E-state index contributed by atoms with van der Waals surface area (Å²) in [5.41, 5.74) is 8.67. The summed E-state index contributed by atoms with van der Waals surface area (Å²) in [4.78, 5) is 2.81. The van der Waals surface area contributed by atoms with E-state index in [0.29, 0.717) is 0 Å². The molecule has 2 N–H and O–H groups in total. The standard InChI is InChI=1S/C16H21NS/c1-4-14-9-10-15(18-14)11-16(3,17)13-7-5-12(2)6-8-13/h5-10H,4,11,17H2,1-3H3. The van der Waals surface area contributed by atoms with E-state index in [1.165, 1.54) is 20.9 Å². The molecule has 1 unspecified atom stereocenters. The largest absolute Gasteiger partial charge is 0.321 e. The Bertz CT molecular complexity index is 508. The zero-order valence-electron chi connectivity index (χ0n) is 11.4. The van der Waals surface area contributed by atoms with E-state index >= 15 is 0 Å². The van der Waals surface area contributed by atoms with Gasteiger partial charge in [0.05, 0.1) is 0 Å². The molecule has 0 saturated carbocycles. The maximum Gasteiger partial charge on any atom is 0.0429 e. The summed E-state index contributed by atoms with van der Waals surface area (Å²) >= 11 is 1.88. The molecule has 2 rings (SSSR count). The molecule has 0 amide bonds. The van der Waals surface area contributed by atoms with Crippen LogP contribution in [0.25, 0.3) is 0 Å². The summed E-state index contributed by atoms with van der Waals surface area (Å²) in [5.74, 6) is 0. The molecule has 0 radical (unpaired) electrons. The summed E-state index contributed by atoms with van der Waals surface area (Å²) < 4.78 is 0. The summed E-state index contributed by atoms with van der Waals surface area (Å²) in [6, 6.07) is 13.0. The van der Waals surface area contributed by atoms with Crippen LogP contribution >= 0.6 is 11.3 Å². The molecule has 1 nitrogen and oxygen atoms in total. The van der Waals surface area contributed by atoms with E-state index in [1.807, 2.05) is 11.3 Å². The first-order chi connectivity index (χ1) is 8.51. The van der Waals surface area contributed by atoms with Gasteiger partial charge in [0.15, 0.2) is 0 Å². The highest BCUT2D eigenvalue weighted by molar-refractivity contribution is 7.12. The van der Waals surface area contributed by atoms with Crippen molar-refractivity contribution in [1.82, 2.24) is 0 Å². The van der Waals surface area contributed by atoms with Crippen LogP contribution in [-0.2, 0) is 18.4 Å². The van der Waals surface area contributed by atoms with Crippen molar-refractivity contribution in [1.29, 1.82) is 0 Å². The first-order valence-corrected chi connectivity index (χ1v) is 7.26. The van der Waals surface area contributed by atoms with E-state index in [2.05, 4.69) is 57.2 Å². The Labute approximate surface area is 114 Å². The summed E-state index contributed by atoms with van der Waals surface area (Å²) in [5, 5.41) is 0. The topological polar surface area (TPSA) is 26.0 Å². The molecule has 0 aliphatic carbocycles. The van der Waals surface area contributed by atoms with Gasteiger partial charge in [-0.2, -0.15) is 0 Å². The second kappa shape index (κ2) is 5.25. The van der Waals surface area contributed by atoms with Crippen molar-refractivity contribution in [2.24, 2.45) is 5.73 Å².